The van der Waals surface area contributed by atoms with Gasteiger partial charge in [-0.1, -0.05) is 12.1 Å². The highest BCUT2D eigenvalue weighted by atomic mass is 16.1. The third-order valence-corrected chi connectivity index (χ3v) is 3.13. The largest absolute Gasteiger partial charge is 0.348 e. The third-order valence-electron chi connectivity index (χ3n) is 3.13. The highest BCUT2D eigenvalue weighted by Crippen LogP contribution is 2.19. The van der Waals surface area contributed by atoms with Crippen LogP contribution in [0.3, 0.4) is 0 Å². The topological polar surface area (TPSA) is 34.0 Å². The molecule has 3 heteroatoms. The first-order valence-electron chi connectivity index (χ1n) is 6.07. The number of benzene rings is 1. The SMILES string of the molecule is C/C=C\C(=O)NCc1ccc2c(c1)cc(C)n2C. The number of amides is 1. The number of hydrogen-bond donors (Lipinski definition) is 1. The predicted molar refractivity (Wildman–Crippen MR) is 74.3 cm³/mol. The maximum atomic E-state index is 11.3. The van der Waals surface area contributed by atoms with Crippen molar-refractivity contribution in [3.05, 3.63) is 47.7 Å². The highest BCUT2D eigenvalue weighted by Gasteiger charge is 2.03. The number of fused-ring (bicyclic) bond motifs is 1. The van der Waals surface area contributed by atoms with Crippen molar-refractivity contribution in [2.75, 3.05) is 0 Å². The van der Waals surface area contributed by atoms with Crippen LogP contribution in [-0.2, 0) is 18.4 Å². The van der Waals surface area contributed by atoms with E-state index in [-0.39, 0.29) is 5.91 Å². The first-order valence-corrected chi connectivity index (χ1v) is 6.07. The molecule has 1 aromatic heterocycles. The van der Waals surface area contributed by atoms with Gasteiger partial charge in [-0.2, -0.15) is 0 Å². The molecule has 0 spiro atoms. The molecule has 1 amide bonds. The number of nitrogens with zero attached hydrogens (tertiary/aromatic N) is 1. The Morgan fingerprint density at radius 2 is 2.17 bits per heavy atom. The zero-order valence-corrected chi connectivity index (χ0v) is 11.0. The zero-order chi connectivity index (χ0) is 13.1. The number of aromatic nitrogens is 1. The molecule has 18 heavy (non-hydrogen) atoms. The van der Waals surface area contributed by atoms with Gasteiger partial charge in [0.1, 0.15) is 0 Å². The first kappa shape index (κ1) is 12.4. The molecular weight excluding hydrogens is 224 g/mol. The summed E-state index contributed by atoms with van der Waals surface area (Å²) in [7, 11) is 2.06. The van der Waals surface area contributed by atoms with E-state index in [1.54, 1.807) is 6.08 Å². The molecule has 94 valence electrons. The van der Waals surface area contributed by atoms with Gasteiger partial charge in [-0.05, 0) is 43.7 Å². The monoisotopic (exact) mass is 242 g/mol. The molecule has 0 saturated carbocycles. The van der Waals surface area contributed by atoms with Crippen molar-refractivity contribution in [3.63, 3.8) is 0 Å². The molecular formula is C15H18N2O. The van der Waals surface area contributed by atoms with Gasteiger partial charge in [0.15, 0.2) is 0 Å². The van der Waals surface area contributed by atoms with Gasteiger partial charge in [-0.3, -0.25) is 4.79 Å². The Bertz CT molecular complexity index is 608. The van der Waals surface area contributed by atoms with Crippen LogP contribution < -0.4 is 5.32 Å². The summed E-state index contributed by atoms with van der Waals surface area (Å²) in [5.41, 5.74) is 3.57. The van der Waals surface area contributed by atoms with Crippen molar-refractivity contribution in [1.29, 1.82) is 0 Å². The number of carbonyl (C=O) groups excluding carboxylic acids is 1. The number of nitrogens with one attached hydrogen (secondary N) is 1. The smallest absolute Gasteiger partial charge is 0.243 e. The Labute approximate surface area is 107 Å². The van der Waals surface area contributed by atoms with Gasteiger partial charge in [0, 0.05) is 30.2 Å². The average Bonchev–Trinajstić information content (AvgIpc) is 2.63. The lowest BCUT2D eigenvalue weighted by Crippen LogP contribution is -2.20. The summed E-state index contributed by atoms with van der Waals surface area (Å²) in [6, 6.07) is 8.43. The summed E-state index contributed by atoms with van der Waals surface area (Å²) in [6.45, 7) is 4.49. The van der Waals surface area contributed by atoms with Crippen LogP contribution in [0.2, 0.25) is 0 Å². The van der Waals surface area contributed by atoms with E-state index < -0.39 is 0 Å². The molecule has 0 aliphatic carbocycles. The van der Waals surface area contributed by atoms with Crippen molar-refractivity contribution < 1.29 is 4.79 Å². The molecule has 0 radical (unpaired) electrons. The molecule has 1 aromatic carbocycles. The summed E-state index contributed by atoms with van der Waals surface area (Å²) in [4.78, 5) is 11.3. The Hall–Kier alpha value is -2.03. The van der Waals surface area contributed by atoms with Crippen LogP contribution >= 0.6 is 0 Å². The maximum absolute atomic E-state index is 11.3. The van der Waals surface area contributed by atoms with Gasteiger partial charge in [0.2, 0.25) is 5.91 Å². The lowest BCUT2D eigenvalue weighted by molar-refractivity contribution is -0.116. The fraction of sp³-hybridized carbons (Fsp3) is 0.267. The fourth-order valence-corrected chi connectivity index (χ4v) is 2.05. The second-order valence-electron chi connectivity index (χ2n) is 4.46. The molecule has 0 fully saturated rings. The number of hydrogen-bond acceptors (Lipinski definition) is 1. The second kappa shape index (κ2) is 5.08. The second-order valence-corrected chi connectivity index (χ2v) is 4.46. The van der Waals surface area contributed by atoms with Crippen LogP contribution in [0.15, 0.2) is 36.4 Å². The van der Waals surface area contributed by atoms with E-state index in [0.717, 1.165) is 5.56 Å². The van der Waals surface area contributed by atoms with Crippen LogP contribution in [0.5, 0.6) is 0 Å². The minimum atomic E-state index is -0.0539. The number of allylic oxidation sites excluding steroid dienone is 1. The lowest BCUT2D eigenvalue weighted by atomic mass is 10.1. The third kappa shape index (κ3) is 2.45. The van der Waals surface area contributed by atoms with E-state index >= 15 is 0 Å². The molecule has 0 unspecified atom stereocenters. The zero-order valence-electron chi connectivity index (χ0n) is 11.0. The van der Waals surface area contributed by atoms with E-state index in [9.17, 15) is 4.79 Å². The summed E-state index contributed by atoms with van der Waals surface area (Å²) in [6.07, 6.45) is 3.27. The van der Waals surface area contributed by atoms with Gasteiger partial charge in [-0.25, -0.2) is 0 Å². The van der Waals surface area contributed by atoms with Crippen molar-refractivity contribution in [1.82, 2.24) is 9.88 Å². The summed E-state index contributed by atoms with van der Waals surface area (Å²) < 4.78 is 2.16. The molecule has 0 aliphatic rings. The highest BCUT2D eigenvalue weighted by molar-refractivity contribution is 5.87. The van der Waals surface area contributed by atoms with E-state index in [2.05, 4.69) is 48.1 Å². The van der Waals surface area contributed by atoms with Gasteiger partial charge in [0.05, 0.1) is 0 Å². The molecule has 3 nitrogen and oxygen atoms in total. The van der Waals surface area contributed by atoms with Crippen LogP contribution in [0.4, 0.5) is 0 Å². The predicted octanol–water partition coefficient (Wildman–Crippen LogP) is 2.68. The van der Waals surface area contributed by atoms with Crippen LogP contribution in [0.1, 0.15) is 18.2 Å². The molecule has 2 rings (SSSR count). The molecule has 0 atom stereocenters. The molecule has 0 bridgehead atoms. The number of aryl methyl sites for hydroxylation is 2. The number of rotatable bonds is 3. The van der Waals surface area contributed by atoms with Crippen molar-refractivity contribution >= 4 is 16.8 Å². The Morgan fingerprint density at radius 3 is 2.89 bits per heavy atom. The summed E-state index contributed by atoms with van der Waals surface area (Å²) in [5.74, 6) is -0.0539. The van der Waals surface area contributed by atoms with Crippen LogP contribution in [0.25, 0.3) is 10.9 Å². The van der Waals surface area contributed by atoms with Gasteiger partial charge >= 0.3 is 0 Å². The normalized spacial score (nSPS) is 11.3. The van der Waals surface area contributed by atoms with Gasteiger partial charge in [-0.15, -0.1) is 0 Å². The van der Waals surface area contributed by atoms with E-state index in [1.807, 2.05) is 6.92 Å². The molecule has 1 heterocycles. The van der Waals surface area contributed by atoms with Crippen molar-refractivity contribution in [2.24, 2.45) is 7.05 Å². The Kier molecular flexibility index (Phi) is 3.51. The van der Waals surface area contributed by atoms with Gasteiger partial charge in [0.25, 0.3) is 0 Å². The standard InChI is InChI=1S/C15H18N2O/c1-4-5-15(18)16-10-12-6-7-14-13(9-12)8-11(2)17(14)3/h4-9H,10H2,1-3H3,(H,16,18)/b5-4-. The molecule has 1 N–H and O–H groups in total. The Morgan fingerprint density at radius 1 is 1.39 bits per heavy atom. The average molecular weight is 242 g/mol. The molecule has 2 aromatic rings. The quantitative estimate of drug-likeness (QED) is 0.825. The fourth-order valence-electron chi connectivity index (χ4n) is 2.05. The van der Waals surface area contributed by atoms with Gasteiger partial charge < -0.3 is 9.88 Å². The van der Waals surface area contributed by atoms with Crippen molar-refractivity contribution in [2.45, 2.75) is 20.4 Å². The van der Waals surface area contributed by atoms with Crippen LogP contribution in [-0.4, -0.2) is 10.5 Å². The Balaban J connectivity index is 2.18. The lowest BCUT2D eigenvalue weighted by Gasteiger charge is -2.04. The summed E-state index contributed by atoms with van der Waals surface area (Å²) >= 11 is 0. The van der Waals surface area contributed by atoms with E-state index in [0.29, 0.717) is 6.54 Å². The number of carbonyl (C=O) groups is 1. The minimum Gasteiger partial charge on any atom is -0.348 e. The minimum absolute atomic E-state index is 0.0539. The molecule has 0 saturated heterocycles. The van der Waals surface area contributed by atoms with E-state index in [1.165, 1.54) is 22.7 Å². The first-order chi connectivity index (χ1) is 8.61. The maximum Gasteiger partial charge on any atom is 0.243 e. The van der Waals surface area contributed by atoms with E-state index in [4.69, 9.17) is 0 Å². The summed E-state index contributed by atoms with van der Waals surface area (Å²) in [5, 5.41) is 4.07. The molecule has 0 aliphatic heterocycles. The van der Waals surface area contributed by atoms with Crippen LogP contribution in [0, 0.1) is 6.92 Å². The van der Waals surface area contributed by atoms with Crippen molar-refractivity contribution in [3.8, 4) is 0 Å².